The predicted octanol–water partition coefficient (Wildman–Crippen LogP) is 4.23. The zero-order chi connectivity index (χ0) is 14.9. The number of aromatic hydroxyl groups is 1. The van der Waals surface area contributed by atoms with Gasteiger partial charge in [0.25, 0.3) is 0 Å². The molecule has 2 rings (SSSR count). The Hall–Kier alpha value is -2.09. The van der Waals surface area contributed by atoms with E-state index in [-0.39, 0.29) is 11.2 Å². The Bertz CT molecular complexity index is 637. The quantitative estimate of drug-likeness (QED) is 0.846. The second-order valence-electron chi connectivity index (χ2n) is 5.76. The number of phenols is 1. The van der Waals surface area contributed by atoms with Crippen molar-refractivity contribution in [3.8, 4) is 5.75 Å². The summed E-state index contributed by atoms with van der Waals surface area (Å²) in [5.74, 6) is 0.395. The zero-order valence-electron chi connectivity index (χ0n) is 12.4. The third-order valence-electron chi connectivity index (χ3n) is 3.93. The number of rotatable bonds is 3. The third kappa shape index (κ3) is 2.60. The van der Waals surface area contributed by atoms with Gasteiger partial charge < -0.3 is 5.11 Å². The molecule has 2 heteroatoms. The first kappa shape index (κ1) is 14.3. The fourth-order valence-corrected chi connectivity index (χ4v) is 2.33. The number of carbonyl (C=O) groups is 1. The van der Waals surface area contributed by atoms with E-state index in [1.54, 1.807) is 13.0 Å². The zero-order valence-corrected chi connectivity index (χ0v) is 12.4. The Morgan fingerprint density at radius 3 is 2.05 bits per heavy atom. The van der Waals surface area contributed by atoms with Crippen molar-refractivity contribution >= 4 is 5.78 Å². The summed E-state index contributed by atoms with van der Waals surface area (Å²) in [6.45, 7) is 7.75. The van der Waals surface area contributed by atoms with Gasteiger partial charge in [0.2, 0.25) is 0 Å². The minimum absolute atomic E-state index is 0.0785. The molecular weight excluding hydrogens is 248 g/mol. The highest BCUT2D eigenvalue weighted by Crippen LogP contribution is 2.33. The van der Waals surface area contributed by atoms with Crippen LogP contribution in [-0.4, -0.2) is 10.9 Å². The van der Waals surface area contributed by atoms with Gasteiger partial charge in [-0.1, -0.05) is 50.2 Å². The lowest BCUT2D eigenvalue weighted by molar-refractivity contribution is 0.101. The molecular formula is C18H20O2. The van der Waals surface area contributed by atoms with Crippen LogP contribution < -0.4 is 0 Å². The highest BCUT2D eigenvalue weighted by molar-refractivity contribution is 5.94. The normalized spacial score (nSPS) is 11.4. The molecule has 0 saturated carbocycles. The Kier molecular flexibility index (Phi) is 3.67. The first-order valence-corrected chi connectivity index (χ1v) is 6.74. The van der Waals surface area contributed by atoms with Crippen LogP contribution in [0.4, 0.5) is 0 Å². The van der Waals surface area contributed by atoms with E-state index in [0.717, 1.165) is 22.3 Å². The van der Waals surface area contributed by atoms with E-state index in [0.29, 0.717) is 5.75 Å². The molecule has 0 aliphatic carbocycles. The Balaban J connectivity index is 2.42. The average molecular weight is 268 g/mol. The number of hydrogen-bond acceptors (Lipinski definition) is 2. The summed E-state index contributed by atoms with van der Waals surface area (Å²) in [7, 11) is 0. The van der Waals surface area contributed by atoms with Crippen molar-refractivity contribution in [1.82, 2.24) is 0 Å². The molecule has 1 N–H and O–H groups in total. The molecule has 0 unspecified atom stereocenters. The predicted molar refractivity (Wildman–Crippen MR) is 81.4 cm³/mol. The van der Waals surface area contributed by atoms with Crippen LogP contribution in [0, 0.1) is 6.92 Å². The molecule has 0 atom stereocenters. The summed E-state index contributed by atoms with van der Waals surface area (Å²) in [5.41, 5.74) is 3.71. The van der Waals surface area contributed by atoms with Crippen LogP contribution >= 0.6 is 0 Å². The highest BCUT2D eigenvalue weighted by atomic mass is 16.3. The Labute approximate surface area is 120 Å². The minimum atomic E-state index is -0.173. The maximum absolute atomic E-state index is 11.3. The molecule has 20 heavy (non-hydrogen) atoms. The smallest absolute Gasteiger partial charge is 0.159 e. The summed E-state index contributed by atoms with van der Waals surface area (Å²) < 4.78 is 0. The maximum Gasteiger partial charge on any atom is 0.159 e. The second-order valence-corrected chi connectivity index (χ2v) is 5.76. The fraction of sp³-hybridized carbons (Fsp3) is 0.278. The molecule has 0 bridgehead atoms. The minimum Gasteiger partial charge on any atom is -0.508 e. The Morgan fingerprint density at radius 2 is 1.55 bits per heavy atom. The monoisotopic (exact) mass is 268 g/mol. The number of benzene rings is 2. The average Bonchev–Trinajstić information content (AvgIpc) is 2.41. The number of phenolic OH excluding ortho intramolecular Hbond substituents is 1. The molecule has 104 valence electrons. The van der Waals surface area contributed by atoms with Crippen LogP contribution in [0.25, 0.3) is 0 Å². The molecule has 0 spiro atoms. The molecule has 0 heterocycles. The SMILES string of the molecule is CC(=O)c1ccc(C(C)(C)c2ccc(O)c(C)c2)cc1. The molecule has 2 nitrogen and oxygen atoms in total. The number of Topliss-reactive ketones (excluding diaryl/α,β-unsaturated/α-hetero) is 1. The van der Waals surface area contributed by atoms with Crippen molar-refractivity contribution in [2.75, 3.05) is 0 Å². The summed E-state index contributed by atoms with van der Waals surface area (Å²) in [6.07, 6.45) is 0. The van der Waals surface area contributed by atoms with Crippen LogP contribution in [-0.2, 0) is 5.41 Å². The first-order chi connectivity index (χ1) is 9.32. The van der Waals surface area contributed by atoms with E-state index in [1.807, 2.05) is 43.3 Å². The highest BCUT2D eigenvalue weighted by Gasteiger charge is 2.23. The molecule has 2 aromatic rings. The van der Waals surface area contributed by atoms with Gasteiger partial charge in [-0.3, -0.25) is 4.79 Å². The fourth-order valence-electron chi connectivity index (χ4n) is 2.33. The molecule has 0 aliphatic rings. The van der Waals surface area contributed by atoms with E-state index in [9.17, 15) is 9.90 Å². The van der Waals surface area contributed by atoms with Crippen molar-refractivity contribution < 1.29 is 9.90 Å². The third-order valence-corrected chi connectivity index (χ3v) is 3.93. The standard InChI is InChI=1S/C18H20O2/c1-12-11-16(9-10-17(12)20)18(3,4)15-7-5-14(6-8-15)13(2)19/h5-11,20H,1-4H3. The van der Waals surface area contributed by atoms with Crippen molar-refractivity contribution in [2.24, 2.45) is 0 Å². The van der Waals surface area contributed by atoms with Gasteiger partial charge >= 0.3 is 0 Å². The largest absolute Gasteiger partial charge is 0.508 e. The summed E-state index contributed by atoms with van der Waals surface area (Å²) >= 11 is 0. The molecule has 0 fully saturated rings. The lowest BCUT2D eigenvalue weighted by Crippen LogP contribution is -2.19. The van der Waals surface area contributed by atoms with Crippen LogP contribution in [0.15, 0.2) is 42.5 Å². The molecule has 0 amide bonds. The van der Waals surface area contributed by atoms with Gasteiger partial charge in [-0.05, 0) is 36.6 Å². The van der Waals surface area contributed by atoms with E-state index in [4.69, 9.17) is 0 Å². The van der Waals surface area contributed by atoms with Gasteiger partial charge in [-0.25, -0.2) is 0 Å². The summed E-state index contributed by atoms with van der Waals surface area (Å²) in [6, 6.07) is 13.4. The topological polar surface area (TPSA) is 37.3 Å². The second kappa shape index (κ2) is 5.12. The van der Waals surface area contributed by atoms with Gasteiger partial charge in [0.15, 0.2) is 5.78 Å². The van der Waals surface area contributed by atoms with Gasteiger partial charge in [0.05, 0.1) is 0 Å². The lowest BCUT2D eigenvalue weighted by Gasteiger charge is -2.27. The van der Waals surface area contributed by atoms with Gasteiger partial charge in [-0.15, -0.1) is 0 Å². The van der Waals surface area contributed by atoms with Crippen LogP contribution in [0.5, 0.6) is 5.75 Å². The van der Waals surface area contributed by atoms with Crippen LogP contribution in [0.2, 0.25) is 0 Å². The van der Waals surface area contributed by atoms with E-state index in [1.165, 1.54) is 0 Å². The van der Waals surface area contributed by atoms with Crippen molar-refractivity contribution in [3.05, 3.63) is 64.7 Å². The van der Waals surface area contributed by atoms with Crippen molar-refractivity contribution in [1.29, 1.82) is 0 Å². The van der Waals surface area contributed by atoms with Crippen LogP contribution in [0.3, 0.4) is 0 Å². The van der Waals surface area contributed by atoms with E-state index in [2.05, 4.69) is 13.8 Å². The van der Waals surface area contributed by atoms with E-state index >= 15 is 0 Å². The van der Waals surface area contributed by atoms with Crippen molar-refractivity contribution in [3.63, 3.8) is 0 Å². The van der Waals surface area contributed by atoms with Crippen LogP contribution in [0.1, 0.15) is 47.8 Å². The molecule has 0 radical (unpaired) electrons. The number of hydrogen-bond donors (Lipinski definition) is 1. The van der Waals surface area contributed by atoms with Gasteiger partial charge in [0, 0.05) is 11.0 Å². The lowest BCUT2D eigenvalue weighted by atomic mass is 9.77. The summed E-state index contributed by atoms with van der Waals surface area (Å²) in [5, 5.41) is 9.64. The molecule has 0 aliphatic heterocycles. The maximum atomic E-state index is 11.3. The molecule has 2 aromatic carbocycles. The van der Waals surface area contributed by atoms with Gasteiger partial charge in [-0.2, -0.15) is 0 Å². The Morgan fingerprint density at radius 1 is 1.00 bits per heavy atom. The van der Waals surface area contributed by atoms with E-state index < -0.39 is 0 Å². The summed E-state index contributed by atoms with van der Waals surface area (Å²) in [4.78, 5) is 11.3. The first-order valence-electron chi connectivity index (χ1n) is 6.74. The number of carbonyl (C=O) groups excluding carboxylic acids is 1. The van der Waals surface area contributed by atoms with Gasteiger partial charge in [0.1, 0.15) is 5.75 Å². The number of aryl methyl sites for hydroxylation is 1. The molecule has 0 saturated heterocycles. The number of ketones is 1. The molecule has 0 aromatic heterocycles. The van der Waals surface area contributed by atoms with Crippen molar-refractivity contribution in [2.45, 2.75) is 33.1 Å².